The number of rotatable bonds is 3. The van der Waals surface area contributed by atoms with E-state index in [1.54, 1.807) is 27.7 Å². The standard InChI is InChI=1S/C13H17BFNO6S/c1-12(2)13(3,4)22-14(21-12)8-6-9(15)11(23(5,19)20)7-10(8)16(17)18/h6-7H,1-5H3. The molecule has 0 aromatic heterocycles. The van der Waals surface area contributed by atoms with Gasteiger partial charge in [-0.25, -0.2) is 12.8 Å². The van der Waals surface area contributed by atoms with E-state index in [9.17, 15) is 22.9 Å². The molecular weight excluding hydrogens is 328 g/mol. The van der Waals surface area contributed by atoms with Crippen LogP contribution in [0.15, 0.2) is 17.0 Å². The van der Waals surface area contributed by atoms with Crippen molar-refractivity contribution in [1.29, 1.82) is 0 Å². The van der Waals surface area contributed by atoms with Crippen LogP contribution >= 0.6 is 0 Å². The van der Waals surface area contributed by atoms with Crippen molar-refractivity contribution >= 4 is 28.1 Å². The van der Waals surface area contributed by atoms with E-state index in [-0.39, 0.29) is 5.46 Å². The van der Waals surface area contributed by atoms with E-state index in [4.69, 9.17) is 9.31 Å². The first-order valence-corrected chi connectivity index (χ1v) is 8.69. The largest absolute Gasteiger partial charge is 0.502 e. The molecule has 1 aliphatic rings. The van der Waals surface area contributed by atoms with Crippen LogP contribution in [0.3, 0.4) is 0 Å². The number of sulfone groups is 1. The molecule has 0 spiro atoms. The molecule has 1 aliphatic heterocycles. The Kier molecular flexibility index (Phi) is 4.07. The SMILES string of the molecule is CC1(C)OB(c2cc(F)c(S(C)(=O)=O)cc2[N+](=O)[O-])OC1(C)C. The maximum atomic E-state index is 14.1. The van der Waals surface area contributed by atoms with Gasteiger partial charge in [0.15, 0.2) is 9.84 Å². The van der Waals surface area contributed by atoms with E-state index in [0.717, 1.165) is 12.3 Å². The molecule has 0 aliphatic carbocycles. The van der Waals surface area contributed by atoms with Gasteiger partial charge in [-0.05, 0) is 33.8 Å². The van der Waals surface area contributed by atoms with Crippen molar-refractivity contribution in [2.24, 2.45) is 0 Å². The normalized spacial score (nSPS) is 19.8. The predicted molar refractivity (Wildman–Crippen MR) is 81.9 cm³/mol. The molecule has 0 radical (unpaired) electrons. The zero-order valence-corrected chi connectivity index (χ0v) is 14.2. The Morgan fingerprint density at radius 3 is 2.04 bits per heavy atom. The highest BCUT2D eigenvalue weighted by atomic mass is 32.2. The van der Waals surface area contributed by atoms with Crippen molar-refractivity contribution in [2.75, 3.05) is 6.26 Å². The molecule has 10 heteroatoms. The second-order valence-electron chi connectivity index (χ2n) is 6.46. The van der Waals surface area contributed by atoms with Crippen molar-refractivity contribution < 1.29 is 27.0 Å². The first-order valence-electron chi connectivity index (χ1n) is 6.80. The van der Waals surface area contributed by atoms with Crippen molar-refractivity contribution in [1.82, 2.24) is 0 Å². The average Bonchev–Trinajstić information content (AvgIpc) is 2.56. The smallest absolute Gasteiger partial charge is 0.399 e. The highest BCUT2D eigenvalue weighted by Crippen LogP contribution is 2.37. The predicted octanol–water partition coefficient (Wildman–Crippen LogP) is 1.44. The van der Waals surface area contributed by atoms with Gasteiger partial charge in [-0.3, -0.25) is 10.1 Å². The maximum absolute atomic E-state index is 14.1. The monoisotopic (exact) mass is 345 g/mol. The summed E-state index contributed by atoms with van der Waals surface area (Å²) < 4.78 is 48.6. The highest BCUT2D eigenvalue weighted by Gasteiger charge is 2.53. The number of nitro benzene ring substituents is 1. The van der Waals surface area contributed by atoms with Crippen molar-refractivity contribution in [3.05, 3.63) is 28.1 Å². The molecule has 0 atom stereocenters. The number of halogens is 1. The molecule has 0 amide bonds. The fourth-order valence-electron chi connectivity index (χ4n) is 2.16. The number of nitrogens with zero attached hydrogens (tertiary/aromatic N) is 1. The number of benzene rings is 1. The van der Waals surface area contributed by atoms with Gasteiger partial charge < -0.3 is 9.31 Å². The van der Waals surface area contributed by atoms with E-state index in [0.29, 0.717) is 6.07 Å². The lowest BCUT2D eigenvalue weighted by molar-refractivity contribution is -0.384. The molecular formula is C13H17BFNO6S. The quantitative estimate of drug-likeness (QED) is 0.467. The van der Waals surface area contributed by atoms with E-state index in [1.165, 1.54) is 0 Å². The molecule has 1 aromatic carbocycles. The first-order chi connectivity index (χ1) is 10.3. The van der Waals surface area contributed by atoms with Crippen LogP contribution in [0.2, 0.25) is 0 Å². The van der Waals surface area contributed by atoms with Crippen LogP contribution in [0.25, 0.3) is 0 Å². The third kappa shape index (κ3) is 3.10. The molecule has 1 fully saturated rings. The topological polar surface area (TPSA) is 95.7 Å². The minimum absolute atomic E-state index is 0.154. The average molecular weight is 345 g/mol. The maximum Gasteiger partial charge on any atom is 0.502 e. The van der Waals surface area contributed by atoms with Crippen LogP contribution in [0.1, 0.15) is 27.7 Å². The minimum atomic E-state index is -3.94. The van der Waals surface area contributed by atoms with Crippen LogP contribution in [0.5, 0.6) is 0 Å². The van der Waals surface area contributed by atoms with Crippen molar-refractivity contribution in [2.45, 2.75) is 43.8 Å². The third-order valence-corrected chi connectivity index (χ3v) is 5.30. The molecule has 2 rings (SSSR count). The summed E-state index contributed by atoms with van der Waals surface area (Å²) in [5, 5.41) is 11.3. The Balaban J connectivity index is 2.61. The molecule has 0 saturated carbocycles. The van der Waals surface area contributed by atoms with Crippen LogP contribution in [0.4, 0.5) is 10.1 Å². The van der Waals surface area contributed by atoms with Crippen LogP contribution in [-0.2, 0) is 19.1 Å². The van der Waals surface area contributed by atoms with Gasteiger partial charge in [0.1, 0.15) is 10.7 Å². The summed E-state index contributed by atoms with van der Waals surface area (Å²) in [6.45, 7) is 7.00. The van der Waals surface area contributed by atoms with Crippen LogP contribution < -0.4 is 5.46 Å². The summed E-state index contributed by atoms with van der Waals surface area (Å²) in [5.74, 6) is -1.08. The molecule has 1 heterocycles. The van der Waals surface area contributed by atoms with E-state index in [1.807, 2.05) is 0 Å². The lowest BCUT2D eigenvalue weighted by Gasteiger charge is -2.32. The van der Waals surface area contributed by atoms with Gasteiger partial charge in [-0.15, -0.1) is 0 Å². The second-order valence-corrected chi connectivity index (χ2v) is 8.44. The Morgan fingerprint density at radius 2 is 1.65 bits per heavy atom. The van der Waals surface area contributed by atoms with Gasteiger partial charge >= 0.3 is 7.12 Å². The minimum Gasteiger partial charge on any atom is -0.399 e. The summed E-state index contributed by atoms with van der Waals surface area (Å²) in [6.07, 6.45) is 0.781. The van der Waals surface area contributed by atoms with E-state index >= 15 is 0 Å². The molecule has 1 aromatic rings. The lowest BCUT2D eigenvalue weighted by atomic mass is 9.78. The molecule has 126 valence electrons. The van der Waals surface area contributed by atoms with Gasteiger partial charge in [0.25, 0.3) is 5.69 Å². The van der Waals surface area contributed by atoms with Gasteiger partial charge in [0.2, 0.25) is 0 Å². The van der Waals surface area contributed by atoms with E-state index in [2.05, 4.69) is 0 Å². The van der Waals surface area contributed by atoms with Gasteiger partial charge in [-0.1, -0.05) is 0 Å². The number of nitro groups is 1. The molecule has 0 unspecified atom stereocenters. The van der Waals surface area contributed by atoms with Crippen molar-refractivity contribution in [3.63, 3.8) is 0 Å². The highest BCUT2D eigenvalue weighted by molar-refractivity contribution is 7.90. The summed E-state index contributed by atoms with van der Waals surface area (Å²) in [4.78, 5) is 9.75. The molecule has 7 nitrogen and oxygen atoms in total. The van der Waals surface area contributed by atoms with Crippen LogP contribution in [-0.4, -0.2) is 37.9 Å². The summed E-state index contributed by atoms with van der Waals surface area (Å²) in [5.41, 5.74) is -2.25. The summed E-state index contributed by atoms with van der Waals surface area (Å²) in [7, 11) is -5.10. The first kappa shape index (κ1) is 17.8. The van der Waals surface area contributed by atoms with Gasteiger partial charge in [-0.2, -0.15) is 0 Å². The van der Waals surface area contributed by atoms with Gasteiger partial charge in [0, 0.05) is 12.3 Å². The zero-order chi connectivity index (χ0) is 17.8. The second kappa shape index (κ2) is 5.25. The van der Waals surface area contributed by atoms with Gasteiger partial charge in [0.05, 0.1) is 21.6 Å². The fourth-order valence-corrected chi connectivity index (χ4v) is 2.90. The van der Waals surface area contributed by atoms with E-state index < -0.39 is 49.5 Å². The Bertz CT molecular complexity index is 761. The molecule has 1 saturated heterocycles. The Morgan fingerprint density at radius 1 is 1.17 bits per heavy atom. The Hall–Kier alpha value is -1.52. The summed E-state index contributed by atoms with van der Waals surface area (Å²) in [6, 6.07) is 1.49. The molecule has 0 N–H and O–H groups in total. The zero-order valence-electron chi connectivity index (χ0n) is 13.4. The molecule has 23 heavy (non-hydrogen) atoms. The number of hydrogen-bond donors (Lipinski definition) is 0. The van der Waals surface area contributed by atoms with Crippen LogP contribution in [0, 0.1) is 15.9 Å². The summed E-state index contributed by atoms with van der Waals surface area (Å²) >= 11 is 0. The van der Waals surface area contributed by atoms with Crippen molar-refractivity contribution in [3.8, 4) is 0 Å². The lowest BCUT2D eigenvalue weighted by Crippen LogP contribution is -2.41. The third-order valence-electron chi connectivity index (χ3n) is 4.18. The number of hydrogen-bond acceptors (Lipinski definition) is 6. The Labute approximate surface area is 134 Å². The molecule has 0 bridgehead atoms. The fraction of sp³-hybridized carbons (Fsp3) is 0.538.